The Balaban J connectivity index is 1.72. The summed E-state index contributed by atoms with van der Waals surface area (Å²) < 4.78 is 7.40. The van der Waals surface area contributed by atoms with Gasteiger partial charge in [0, 0.05) is 24.3 Å². The lowest BCUT2D eigenvalue weighted by molar-refractivity contribution is -0.0171. The molecule has 5 nitrogen and oxygen atoms in total. The van der Waals surface area contributed by atoms with Crippen LogP contribution in [-0.4, -0.2) is 40.5 Å². The molecule has 0 bridgehead atoms. The average molecular weight is 282 g/mol. The van der Waals surface area contributed by atoms with Crippen LogP contribution in [0.4, 0.5) is 0 Å². The van der Waals surface area contributed by atoms with Crippen LogP contribution in [0.3, 0.4) is 0 Å². The molecule has 1 aromatic heterocycles. The van der Waals surface area contributed by atoms with Crippen LogP contribution in [0.1, 0.15) is 12.5 Å². The summed E-state index contributed by atoms with van der Waals surface area (Å²) in [4.78, 5) is 2.36. The van der Waals surface area contributed by atoms with Gasteiger partial charge in [0.25, 0.3) is 0 Å². The van der Waals surface area contributed by atoms with Crippen molar-refractivity contribution in [2.24, 2.45) is 0 Å². The molecule has 3 rings (SSSR count). The SMILES string of the molecule is C[C@H]1COCCN1Cn1ccc(-c2ccc(C#N)cc2)n1. The number of benzene rings is 1. The number of rotatable bonds is 3. The number of nitriles is 1. The molecule has 0 N–H and O–H groups in total. The lowest BCUT2D eigenvalue weighted by atomic mass is 10.1. The van der Waals surface area contributed by atoms with Crippen molar-refractivity contribution in [1.82, 2.24) is 14.7 Å². The molecular formula is C16H18N4O. The molecule has 1 saturated heterocycles. The van der Waals surface area contributed by atoms with E-state index >= 15 is 0 Å². The van der Waals surface area contributed by atoms with E-state index in [-0.39, 0.29) is 0 Å². The second-order valence-corrected chi connectivity index (χ2v) is 5.31. The van der Waals surface area contributed by atoms with E-state index < -0.39 is 0 Å². The number of nitrogens with zero attached hydrogens (tertiary/aromatic N) is 4. The monoisotopic (exact) mass is 282 g/mol. The molecule has 1 atom stereocenters. The van der Waals surface area contributed by atoms with E-state index in [9.17, 15) is 0 Å². The summed E-state index contributed by atoms with van der Waals surface area (Å²) in [6.45, 7) is 5.45. The molecule has 5 heteroatoms. The average Bonchev–Trinajstić information content (AvgIpc) is 2.98. The van der Waals surface area contributed by atoms with Crippen LogP contribution in [0.15, 0.2) is 36.5 Å². The molecule has 0 amide bonds. The summed E-state index contributed by atoms with van der Waals surface area (Å²) in [5.41, 5.74) is 2.63. The quantitative estimate of drug-likeness (QED) is 0.865. The maximum atomic E-state index is 8.82. The van der Waals surface area contributed by atoms with Gasteiger partial charge in [-0.3, -0.25) is 9.58 Å². The first-order chi connectivity index (χ1) is 10.3. The normalized spacial score (nSPS) is 19.3. The molecule has 0 spiro atoms. The van der Waals surface area contributed by atoms with Crippen LogP contribution in [0.2, 0.25) is 0 Å². The molecule has 108 valence electrons. The first kappa shape index (κ1) is 13.8. The Morgan fingerprint density at radius 3 is 2.86 bits per heavy atom. The van der Waals surface area contributed by atoms with Crippen LogP contribution in [0, 0.1) is 11.3 Å². The van der Waals surface area contributed by atoms with Crippen LogP contribution >= 0.6 is 0 Å². The molecule has 0 unspecified atom stereocenters. The molecule has 1 aliphatic rings. The summed E-state index contributed by atoms with van der Waals surface area (Å²) in [6, 6.07) is 12.1. The van der Waals surface area contributed by atoms with Gasteiger partial charge in [0.05, 0.1) is 37.2 Å². The summed E-state index contributed by atoms with van der Waals surface area (Å²) in [7, 11) is 0. The van der Waals surface area contributed by atoms with Gasteiger partial charge < -0.3 is 4.74 Å². The van der Waals surface area contributed by atoms with Crippen molar-refractivity contribution in [1.29, 1.82) is 5.26 Å². The highest BCUT2D eigenvalue weighted by molar-refractivity contribution is 5.59. The van der Waals surface area contributed by atoms with Crippen LogP contribution in [0.5, 0.6) is 0 Å². The van der Waals surface area contributed by atoms with Crippen molar-refractivity contribution in [3.05, 3.63) is 42.1 Å². The van der Waals surface area contributed by atoms with Gasteiger partial charge in [-0.2, -0.15) is 10.4 Å². The Kier molecular flexibility index (Phi) is 4.00. The fourth-order valence-electron chi connectivity index (χ4n) is 2.47. The molecule has 2 heterocycles. The van der Waals surface area contributed by atoms with Gasteiger partial charge in [-0.05, 0) is 25.1 Å². The van der Waals surface area contributed by atoms with Gasteiger partial charge in [-0.25, -0.2) is 0 Å². The zero-order valence-electron chi connectivity index (χ0n) is 12.1. The van der Waals surface area contributed by atoms with Gasteiger partial charge in [0.2, 0.25) is 0 Å². The predicted molar refractivity (Wildman–Crippen MR) is 79.4 cm³/mol. The van der Waals surface area contributed by atoms with Crippen molar-refractivity contribution in [2.75, 3.05) is 19.8 Å². The minimum atomic E-state index is 0.418. The maximum absolute atomic E-state index is 8.82. The predicted octanol–water partition coefficient (Wildman–Crippen LogP) is 2.10. The molecule has 1 aliphatic heterocycles. The van der Waals surface area contributed by atoms with Crippen LogP contribution in [0.25, 0.3) is 11.3 Å². The van der Waals surface area contributed by atoms with E-state index in [0.29, 0.717) is 11.6 Å². The van der Waals surface area contributed by atoms with E-state index in [1.807, 2.05) is 41.2 Å². The Labute approximate surface area is 124 Å². The summed E-state index contributed by atoms with van der Waals surface area (Å²) in [5.74, 6) is 0. The Morgan fingerprint density at radius 1 is 1.33 bits per heavy atom. The zero-order valence-corrected chi connectivity index (χ0v) is 12.1. The molecule has 0 saturated carbocycles. The first-order valence-corrected chi connectivity index (χ1v) is 7.12. The minimum absolute atomic E-state index is 0.418. The molecule has 1 aromatic carbocycles. The van der Waals surface area contributed by atoms with Crippen molar-refractivity contribution >= 4 is 0 Å². The van der Waals surface area contributed by atoms with Crippen molar-refractivity contribution < 1.29 is 4.74 Å². The lowest BCUT2D eigenvalue weighted by Gasteiger charge is -2.32. The van der Waals surface area contributed by atoms with Crippen molar-refractivity contribution in [3.63, 3.8) is 0 Å². The lowest BCUT2D eigenvalue weighted by Crippen LogP contribution is -2.44. The standard InChI is InChI=1S/C16H18N4O/c1-13-11-21-9-8-19(13)12-20-7-6-16(18-20)15-4-2-14(10-17)3-5-15/h2-7,13H,8-9,11-12H2,1H3/t13-/m0/s1. The van der Waals surface area contributed by atoms with E-state index in [1.165, 1.54) is 0 Å². The smallest absolute Gasteiger partial charge is 0.0991 e. The first-order valence-electron chi connectivity index (χ1n) is 7.12. The number of morpholine rings is 1. The highest BCUT2D eigenvalue weighted by atomic mass is 16.5. The molecule has 21 heavy (non-hydrogen) atoms. The molecule has 0 radical (unpaired) electrons. The fraction of sp³-hybridized carbons (Fsp3) is 0.375. The number of hydrogen-bond acceptors (Lipinski definition) is 4. The number of ether oxygens (including phenoxy) is 1. The third kappa shape index (κ3) is 3.13. The Morgan fingerprint density at radius 2 is 2.14 bits per heavy atom. The summed E-state index contributed by atoms with van der Waals surface area (Å²) >= 11 is 0. The van der Waals surface area contributed by atoms with Crippen LogP contribution in [-0.2, 0) is 11.4 Å². The van der Waals surface area contributed by atoms with E-state index in [2.05, 4.69) is 23.0 Å². The number of aromatic nitrogens is 2. The van der Waals surface area contributed by atoms with E-state index in [0.717, 1.165) is 37.7 Å². The zero-order chi connectivity index (χ0) is 14.7. The van der Waals surface area contributed by atoms with Gasteiger partial charge in [0.15, 0.2) is 0 Å². The summed E-state index contributed by atoms with van der Waals surface area (Å²) in [5, 5.41) is 13.4. The molecule has 0 aliphatic carbocycles. The molecular weight excluding hydrogens is 264 g/mol. The van der Waals surface area contributed by atoms with Gasteiger partial charge in [0.1, 0.15) is 0 Å². The second-order valence-electron chi connectivity index (χ2n) is 5.31. The Hall–Kier alpha value is -2.16. The highest BCUT2D eigenvalue weighted by Gasteiger charge is 2.19. The molecule has 2 aromatic rings. The van der Waals surface area contributed by atoms with Gasteiger partial charge in [-0.1, -0.05) is 12.1 Å². The van der Waals surface area contributed by atoms with Crippen LogP contribution < -0.4 is 0 Å². The van der Waals surface area contributed by atoms with Crippen molar-refractivity contribution in [3.8, 4) is 17.3 Å². The van der Waals surface area contributed by atoms with Gasteiger partial charge >= 0.3 is 0 Å². The largest absolute Gasteiger partial charge is 0.379 e. The minimum Gasteiger partial charge on any atom is -0.379 e. The second kappa shape index (κ2) is 6.08. The maximum Gasteiger partial charge on any atom is 0.0991 e. The number of hydrogen-bond donors (Lipinski definition) is 0. The van der Waals surface area contributed by atoms with Crippen molar-refractivity contribution in [2.45, 2.75) is 19.6 Å². The highest BCUT2D eigenvalue weighted by Crippen LogP contribution is 2.18. The van der Waals surface area contributed by atoms with Gasteiger partial charge in [-0.15, -0.1) is 0 Å². The Bertz CT molecular complexity index is 641. The fourth-order valence-corrected chi connectivity index (χ4v) is 2.47. The third-order valence-electron chi connectivity index (χ3n) is 3.78. The van der Waals surface area contributed by atoms with E-state index in [1.54, 1.807) is 0 Å². The summed E-state index contributed by atoms with van der Waals surface area (Å²) in [6.07, 6.45) is 2.00. The van der Waals surface area contributed by atoms with E-state index in [4.69, 9.17) is 10.00 Å². The topological polar surface area (TPSA) is 54.1 Å². The molecule has 1 fully saturated rings. The third-order valence-corrected chi connectivity index (χ3v) is 3.78.